The van der Waals surface area contributed by atoms with E-state index in [1.807, 2.05) is 223 Å². The van der Waals surface area contributed by atoms with E-state index in [0.29, 0.717) is 28.9 Å². The first-order valence-corrected chi connectivity index (χ1v) is 46.6. The Morgan fingerprint density at radius 2 is 0.601 bits per heavy atom. The standard InChI is InChI=1S/C35H21N5O.C30H19N5O.C27H14F2N4O.C27H16N4O/c1-2-10-24(11-3-1)39-28-15-7-6-14-27(28)37-34(39)23-20-18-22(19-21-23)31-33-32(25-12-4-5-13-26(25)36-31)38-35-40(33)29-16-8-9-17-30(29)41-35;1-18-26(32-25-12-6-7-17-34(18)25)19-13-15-20(16-14-19)27-29-28(21-8-2-3-9-22(21)31-27)33-30-35(29)23-10-4-5-11-24(23)36-30;28-22-14-13-17(26(29)31-22)15-9-11-16(12-10-15)23-25-24(18-5-1-2-6-19(18)30-23)32-27-33(25)20-7-3-4-8-21(20)34-27;1-2-8-21-20(7-1)25-26(31-22-9-3-4-10-23(22)32-27(31)30-25)24(29-21)18-13-11-17(12-14-18)19-6-5-15-28-16-19/h1-21H;2-17H,1H3;1-14H;1-16H. The smallest absolute Gasteiger partial charge is 0.307 e. The van der Waals surface area contributed by atoms with Crippen molar-refractivity contribution < 1.29 is 26.4 Å². The molecule has 0 spiro atoms. The number of hydrogen-bond donors (Lipinski definition) is 0. The highest BCUT2D eigenvalue weighted by atomic mass is 19.1. The van der Waals surface area contributed by atoms with Gasteiger partial charge in [-0.1, -0.05) is 261 Å². The largest absolute Gasteiger partial charge is 0.423 e. The van der Waals surface area contributed by atoms with Crippen LogP contribution in [0.25, 0.3) is 268 Å². The Morgan fingerprint density at radius 3 is 1.00 bits per heavy atom. The van der Waals surface area contributed by atoms with Crippen molar-refractivity contribution in [1.82, 2.24) is 86.4 Å². The molecule has 14 aromatic carbocycles. The summed E-state index contributed by atoms with van der Waals surface area (Å²) in [5.41, 5.74) is 36.2. The molecule has 17 heterocycles. The van der Waals surface area contributed by atoms with Crippen molar-refractivity contribution >= 4 is 172 Å². The van der Waals surface area contributed by atoms with Crippen LogP contribution in [0.1, 0.15) is 5.69 Å². The van der Waals surface area contributed by atoms with Crippen molar-refractivity contribution in [2.45, 2.75) is 6.92 Å². The number of halogens is 2. The minimum absolute atomic E-state index is 0.233. The number of nitrogens with zero attached hydrogens (tertiary/aromatic N) is 18. The van der Waals surface area contributed by atoms with E-state index in [2.05, 4.69) is 197 Å². The number of hydrogen-bond acceptors (Lipinski definition) is 16. The molecule has 0 saturated heterocycles. The van der Waals surface area contributed by atoms with Crippen molar-refractivity contribution in [2.24, 2.45) is 0 Å². The summed E-state index contributed by atoms with van der Waals surface area (Å²) in [6.07, 6.45) is 5.71. The van der Waals surface area contributed by atoms with Crippen LogP contribution in [-0.4, -0.2) is 86.4 Å². The highest BCUT2D eigenvalue weighted by molar-refractivity contribution is 6.15. The van der Waals surface area contributed by atoms with Crippen LogP contribution in [0.2, 0.25) is 0 Å². The number of rotatable bonds is 9. The summed E-state index contributed by atoms with van der Waals surface area (Å²) >= 11 is 0. The summed E-state index contributed by atoms with van der Waals surface area (Å²) in [7, 11) is 0. The van der Waals surface area contributed by atoms with Crippen LogP contribution < -0.4 is 0 Å². The summed E-state index contributed by atoms with van der Waals surface area (Å²) in [6.45, 7) is 2.10. The fourth-order valence-corrected chi connectivity index (χ4v) is 20.1. The Kier molecular flexibility index (Phi) is 18.6. The Bertz CT molecular complexity index is 10500. The van der Waals surface area contributed by atoms with Crippen LogP contribution in [0.3, 0.4) is 0 Å². The van der Waals surface area contributed by atoms with Crippen molar-refractivity contribution in [1.29, 1.82) is 0 Å². The third-order valence-corrected chi connectivity index (χ3v) is 26.7. The number of aromatic nitrogens is 18. The molecule has 0 aliphatic carbocycles. The van der Waals surface area contributed by atoms with Crippen LogP contribution in [0.15, 0.2) is 425 Å². The number of benzene rings is 14. The third-order valence-electron chi connectivity index (χ3n) is 26.7. The fraction of sp³-hybridized carbons (Fsp3) is 0.00840. The number of fused-ring (bicyclic) bond motifs is 30. The predicted octanol–water partition coefficient (Wildman–Crippen LogP) is 28.8. The molecule has 24 heteroatoms. The average molecular weight is 1850 g/mol. The lowest BCUT2D eigenvalue weighted by Crippen LogP contribution is -1.97. The molecule has 0 amide bonds. The molecule has 0 bridgehead atoms. The maximum absolute atomic E-state index is 14.2. The number of pyridine rings is 7. The molecular weight excluding hydrogens is 1780 g/mol. The first kappa shape index (κ1) is 81.5. The van der Waals surface area contributed by atoms with Gasteiger partial charge < -0.3 is 22.1 Å². The maximum atomic E-state index is 14.2. The van der Waals surface area contributed by atoms with Gasteiger partial charge in [0.15, 0.2) is 22.3 Å². The Balaban J connectivity index is 0.0000000933. The van der Waals surface area contributed by atoms with Crippen LogP contribution in [-0.2, 0) is 0 Å². The van der Waals surface area contributed by atoms with Gasteiger partial charge >= 0.3 is 23.4 Å². The molecular formula is C119H70F2N18O4. The Labute approximate surface area is 807 Å². The normalized spacial score (nSPS) is 11.9. The summed E-state index contributed by atoms with van der Waals surface area (Å²) in [6, 6.07) is 128. The van der Waals surface area contributed by atoms with Crippen molar-refractivity contribution in [2.75, 3.05) is 0 Å². The van der Waals surface area contributed by atoms with E-state index in [-0.39, 0.29) is 5.56 Å². The number of oxazole rings is 4. The first-order chi connectivity index (χ1) is 70.6. The molecule has 0 aliphatic heterocycles. The topological polar surface area (TPSA) is 234 Å². The summed E-state index contributed by atoms with van der Waals surface area (Å²) < 4.78 is 64.3. The van der Waals surface area contributed by atoms with E-state index in [1.54, 1.807) is 18.3 Å². The van der Waals surface area contributed by atoms with Gasteiger partial charge in [0.1, 0.15) is 55.6 Å². The summed E-state index contributed by atoms with van der Waals surface area (Å²) in [5, 5.41) is 3.96. The molecule has 0 radical (unpaired) electrons. The quantitative estimate of drug-likeness (QED) is 0.122. The molecule has 31 rings (SSSR count). The van der Waals surface area contributed by atoms with Gasteiger partial charge in [-0.2, -0.15) is 33.7 Å². The second-order valence-electron chi connectivity index (χ2n) is 35.0. The van der Waals surface area contributed by atoms with Gasteiger partial charge in [0.05, 0.1) is 83.6 Å². The van der Waals surface area contributed by atoms with Gasteiger partial charge in [-0.05, 0) is 151 Å². The van der Waals surface area contributed by atoms with Crippen LogP contribution in [0.4, 0.5) is 8.78 Å². The van der Waals surface area contributed by atoms with Gasteiger partial charge in [-0.25, -0.2) is 29.9 Å². The molecule has 17 aromatic heterocycles. The molecule has 0 fully saturated rings. The lowest BCUT2D eigenvalue weighted by molar-refractivity contribution is 0.515. The zero-order valence-corrected chi connectivity index (χ0v) is 75.6. The molecule has 31 aromatic rings. The number of aryl methyl sites for hydroxylation is 1. The molecule has 0 aliphatic rings. The predicted molar refractivity (Wildman–Crippen MR) is 558 cm³/mol. The Hall–Kier alpha value is -19.9. The fourth-order valence-electron chi connectivity index (χ4n) is 20.1. The van der Waals surface area contributed by atoms with Crippen molar-refractivity contribution in [3.05, 3.63) is 424 Å². The van der Waals surface area contributed by atoms with Crippen LogP contribution in [0.5, 0.6) is 0 Å². The molecule has 0 N–H and O–H groups in total. The lowest BCUT2D eigenvalue weighted by atomic mass is 10.0. The summed E-state index contributed by atoms with van der Waals surface area (Å²) in [4.78, 5) is 57.3. The number of imidazole rings is 6. The zero-order chi connectivity index (χ0) is 94.6. The first-order valence-electron chi connectivity index (χ1n) is 46.6. The summed E-state index contributed by atoms with van der Waals surface area (Å²) in [5.74, 6) is 1.41. The van der Waals surface area contributed by atoms with E-state index in [4.69, 9.17) is 67.5 Å². The van der Waals surface area contributed by atoms with E-state index in [0.717, 1.165) is 245 Å². The third kappa shape index (κ3) is 13.4. The molecule has 674 valence electrons. The van der Waals surface area contributed by atoms with Crippen molar-refractivity contribution in [3.8, 4) is 95.6 Å². The SMILES string of the molecule is Cc1c(-c2ccc(-c3nc4ccccc4c4nc5oc6ccccc6n5c34)cc2)nc2ccccn12.Fc1ccc(-c2ccc(-c3nc4ccccc4c4nc5oc6ccccc6n5c34)cc2)c(F)n1.c1ccc(-n2c(-c3ccc(-c4nc5ccccc5c5nc6oc7ccccc7n6c45)cc3)nc3ccccc32)cc1.c1cncc(-c2ccc(-c3nc4ccccc4c4nc5oc6ccccc6n5c34)cc2)c1. The highest BCUT2D eigenvalue weighted by Crippen LogP contribution is 2.44. The van der Waals surface area contributed by atoms with E-state index in [9.17, 15) is 8.78 Å². The molecule has 0 saturated carbocycles. The second kappa shape index (κ2) is 32.7. The average Bonchev–Trinajstić information content (AvgIpc) is 1.58. The maximum Gasteiger partial charge on any atom is 0.307 e. The minimum Gasteiger partial charge on any atom is -0.423 e. The molecule has 22 nitrogen and oxygen atoms in total. The van der Waals surface area contributed by atoms with Gasteiger partial charge in [-0.15, -0.1) is 0 Å². The Morgan fingerprint density at radius 1 is 0.252 bits per heavy atom. The van der Waals surface area contributed by atoms with Gasteiger partial charge in [0.2, 0.25) is 11.9 Å². The minimum atomic E-state index is -0.849. The molecule has 143 heavy (non-hydrogen) atoms. The second-order valence-corrected chi connectivity index (χ2v) is 35.0. The molecule has 0 unspecified atom stereocenters. The van der Waals surface area contributed by atoms with E-state index in [1.165, 1.54) is 6.07 Å². The van der Waals surface area contributed by atoms with E-state index < -0.39 is 11.9 Å². The van der Waals surface area contributed by atoms with Gasteiger partial charge in [0.25, 0.3) is 0 Å². The number of para-hydroxylation sites is 15. The van der Waals surface area contributed by atoms with Gasteiger partial charge in [0, 0.05) is 90.5 Å². The zero-order valence-electron chi connectivity index (χ0n) is 75.6. The van der Waals surface area contributed by atoms with Crippen molar-refractivity contribution in [3.63, 3.8) is 0 Å². The lowest BCUT2D eigenvalue weighted by Gasteiger charge is -2.11. The van der Waals surface area contributed by atoms with Crippen LogP contribution >= 0.6 is 0 Å². The van der Waals surface area contributed by atoms with E-state index >= 15 is 0 Å². The molecule has 0 atom stereocenters. The highest BCUT2D eigenvalue weighted by Gasteiger charge is 2.28. The van der Waals surface area contributed by atoms with Crippen LogP contribution in [0, 0.1) is 18.8 Å². The monoisotopic (exact) mass is 1850 g/mol. The van der Waals surface area contributed by atoms with Gasteiger partial charge in [-0.3, -0.25) is 27.2 Å².